The van der Waals surface area contributed by atoms with Crippen molar-refractivity contribution in [1.82, 2.24) is 15.2 Å². The van der Waals surface area contributed by atoms with E-state index >= 15 is 0 Å². The first-order chi connectivity index (χ1) is 17.8. The maximum Gasteiger partial charge on any atom is 0.226 e. The van der Waals surface area contributed by atoms with Gasteiger partial charge in [0.2, 0.25) is 11.7 Å². The first kappa shape index (κ1) is 25.8. The summed E-state index contributed by atoms with van der Waals surface area (Å²) in [5.41, 5.74) is 8.23. The van der Waals surface area contributed by atoms with Crippen molar-refractivity contribution in [3.05, 3.63) is 57.4 Å². The number of carbonyl (C=O) groups excluding carboxylic acids is 1. The molecule has 2 aromatic heterocycles. The summed E-state index contributed by atoms with van der Waals surface area (Å²) < 4.78 is 39.9. The molecule has 4 heterocycles. The first-order valence-corrected chi connectivity index (χ1v) is 12.9. The van der Waals surface area contributed by atoms with Crippen molar-refractivity contribution in [3.63, 3.8) is 0 Å². The van der Waals surface area contributed by atoms with Gasteiger partial charge in [0.05, 0.1) is 21.7 Å². The van der Waals surface area contributed by atoms with Crippen LogP contribution in [0.15, 0.2) is 29.0 Å². The van der Waals surface area contributed by atoms with Gasteiger partial charge in [-0.25, -0.2) is 13.8 Å². The molecule has 1 saturated heterocycles. The summed E-state index contributed by atoms with van der Waals surface area (Å²) in [7, 11) is 0. The number of furan rings is 1. The molecule has 0 saturated carbocycles. The van der Waals surface area contributed by atoms with E-state index in [1.165, 1.54) is 0 Å². The highest BCUT2D eigenvalue weighted by molar-refractivity contribution is 6.36. The lowest BCUT2D eigenvalue weighted by Crippen LogP contribution is -2.42. The number of nitrogens with one attached hydrogen (secondary N) is 1. The molecule has 0 aliphatic carbocycles. The van der Waals surface area contributed by atoms with Gasteiger partial charge in [-0.2, -0.15) is 0 Å². The quantitative estimate of drug-likeness (QED) is 0.393. The molecule has 3 aromatic rings. The Balaban J connectivity index is 1.40. The summed E-state index contributed by atoms with van der Waals surface area (Å²) in [5.74, 6) is -1.45. The lowest BCUT2D eigenvalue weighted by atomic mass is 9.94. The second-order valence-electron chi connectivity index (χ2n) is 9.29. The number of rotatable bonds is 5. The molecule has 1 amide bonds. The molecular weight excluding hydrogens is 525 g/mol. The summed E-state index contributed by atoms with van der Waals surface area (Å²) in [6.07, 6.45) is 6.66. The number of carbonyl (C=O) groups is 1. The van der Waals surface area contributed by atoms with Crippen molar-refractivity contribution >= 4 is 51.5 Å². The summed E-state index contributed by atoms with van der Waals surface area (Å²) >= 11 is 12.1. The fourth-order valence-corrected chi connectivity index (χ4v) is 5.62. The van der Waals surface area contributed by atoms with Gasteiger partial charge in [0.15, 0.2) is 11.4 Å². The molecule has 1 aromatic carbocycles. The third-order valence-corrected chi connectivity index (χ3v) is 7.77. The van der Waals surface area contributed by atoms with Crippen LogP contribution in [0.2, 0.25) is 10.0 Å². The third kappa shape index (κ3) is 4.87. The minimum absolute atomic E-state index is 0.0423. The molecule has 0 radical (unpaired) electrons. The van der Waals surface area contributed by atoms with Gasteiger partial charge in [-0.3, -0.25) is 4.79 Å². The normalized spacial score (nSPS) is 17.6. The van der Waals surface area contributed by atoms with E-state index in [0.29, 0.717) is 36.5 Å². The van der Waals surface area contributed by atoms with Gasteiger partial charge >= 0.3 is 0 Å². The van der Waals surface area contributed by atoms with Gasteiger partial charge in [0.25, 0.3) is 0 Å². The Hall–Kier alpha value is -2.88. The molecule has 37 heavy (non-hydrogen) atoms. The number of halogens is 4. The highest BCUT2D eigenvalue weighted by Gasteiger charge is 2.29. The van der Waals surface area contributed by atoms with Crippen LogP contribution in [0.5, 0.6) is 5.75 Å². The zero-order valence-corrected chi connectivity index (χ0v) is 21.6. The highest BCUT2D eigenvalue weighted by atomic mass is 35.5. The Labute approximate surface area is 222 Å². The summed E-state index contributed by atoms with van der Waals surface area (Å²) in [6.45, 7) is 4.43. The van der Waals surface area contributed by atoms with E-state index < -0.39 is 17.7 Å². The number of hydrogen-bond acceptors (Lipinski definition) is 6. The molecule has 7 nitrogen and oxygen atoms in total. The van der Waals surface area contributed by atoms with E-state index in [2.05, 4.69) is 10.3 Å². The molecule has 0 spiro atoms. The molecule has 0 unspecified atom stereocenters. The fourth-order valence-electron chi connectivity index (χ4n) is 4.97. The number of anilines is 1. The molecule has 1 fully saturated rings. The number of benzene rings is 1. The SMILES string of the molecule is C[C@@H](Oc1c(N)ncc2c(C3=CCN(C(=O)C4CCNCC4)CC3)coc12)c1c(Cl)c(F)cc(F)c1Cl. The molecule has 0 bridgehead atoms. The van der Waals surface area contributed by atoms with Gasteiger partial charge in [-0.1, -0.05) is 29.3 Å². The molecule has 11 heteroatoms. The van der Waals surface area contributed by atoms with Crippen molar-refractivity contribution in [2.24, 2.45) is 5.92 Å². The van der Waals surface area contributed by atoms with Gasteiger partial charge in [0, 0.05) is 42.4 Å². The molecule has 5 rings (SSSR count). The first-order valence-electron chi connectivity index (χ1n) is 12.1. The zero-order valence-electron chi connectivity index (χ0n) is 20.1. The summed E-state index contributed by atoms with van der Waals surface area (Å²) in [4.78, 5) is 19.0. The molecule has 196 valence electrons. The van der Waals surface area contributed by atoms with Gasteiger partial charge in [-0.05, 0) is 44.8 Å². The molecular formula is C26H26Cl2F2N4O3. The van der Waals surface area contributed by atoms with E-state index in [-0.39, 0.29) is 39.0 Å². The number of pyridine rings is 1. The van der Waals surface area contributed by atoms with E-state index in [9.17, 15) is 13.6 Å². The van der Waals surface area contributed by atoms with Crippen LogP contribution in [0.4, 0.5) is 14.6 Å². The van der Waals surface area contributed by atoms with Gasteiger partial charge in [0.1, 0.15) is 17.7 Å². The highest BCUT2D eigenvalue weighted by Crippen LogP contribution is 2.42. The van der Waals surface area contributed by atoms with Crippen LogP contribution in [-0.2, 0) is 4.79 Å². The Morgan fingerprint density at radius 1 is 1.27 bits per heavy atom. The Morgan fingerprint density at radius 2 is 1.97 bits per heavy atom. The van der Waals surface area contributed by atoms with Crippen LogP contribution >= 0.6 is 23.2 Å². The number of amides is 1. The van der Waals surface area contributed by atoms with Crippen molar-refractivity contribution < 1.29 is 22.7 Å². The molecule has 2 aliphatic rings. The van der Waals surface area contributed by atoms with Crippen LogP contribution < -0.4 is 15.8 Å². The third-order valence-electron chi connectivity index (χ3n) is 7.00. The van der Waals surface area contributed by atoms with E-state index in [1.807, 2.05) is 11.0 Å². The van der Waals surface area contributed by atoms with Crippen LogP contribution in [0.25, 0.3) is 16.5 Å². The number of ether oxygens (including phenoxy) is 1. The van der Waals surface area contributed by atoms with Gasteiger partial charge in [-0.15, -0.1) is 0 Å². The predicted octanol–water partition coefficient (Wildman–Crippen LogP) is 5.75. The predicted molar refractivity (Wildman–Crippen MR) is 139 cm³/mol. The maximum atomic E-state index is 14.1. The van der Waals surface area contributed by atoms with Gasteiger partial charge < -0.3 is 25.1 Å². The minimum atomic E-state index is -0.961. The Bertz CT molecular complexity index is 1360. The van der Waals surface area contributed by atoms with E-state index in [4.69, 9.17) is 38.1 Å². The monoisotopic (exact) mass is 550 g/mol. The number of fused-ring (bicyclic) bond motifs is 1. The topological polar surface area (TPSA) is 93.6 Å². The number of nitrogen functional groups attached to an aromatic ring is 1. The Morgan fingerprint density at radius 3 is 2.62 bits per heavy atom. The Kier molecular flexibility index (Phi) is 7.29. The molecule has 1 atom stereocenters. The van der Waals surface area contributed by atoms with Crippen molar-refractivity contribution in [1.29, 1.82) is 0 Å². The lowest BCUT2D eigenvalue weighted by molar-refractivity contribution is -0.135. The average Bonchev–Trinajstić information content (AvgIpc) is 3.34. The van der Waals surface area contributed by atoms with Crippen LogP contribution in [0.3, 0.4) is 0 Å². The zero-order chi connectivity index (χ0) is 26.3. The summed E-state index contributed by atoms with van der Waals surface area (Å²) in [5, 5.41) is 3.28. The largest absolute Gasteiger partial charge is 0.478 e. The average molecular weight is 551 g/mol. The lowest BCUT2D eigenvalue weighted by Gasteiger charge is -2.31. The number of piperidine rings is 1. The smallest absolute Gasteiger partial charge is 0.226 e. The van der Waals surface area contributed by atoms with E-state index in [1.54, 1.807) is 19.4 Å². The minimum Gasteiger partial charge on any atom is -0.478 e. The molecule has 3 N–H and O–H groups in total. The molecule has 2 aliphatic heterocycles. The van der Waals surface area contributed by atoms with Crippen LogP contribution in [0, 0.1) is 17.6 Å². The van der Waals surface area contributed by atoms with Crippen molar-refractivity contribution in [3.8, 4) is 5.75 Å². The van der Waals surface area contributed by atoms with Crippen LogP contribution in [-0.4, -0.2) is 42.0 Å². The van der Waals surface area contributed by atoms with Crippen LogP contribution in [0.1, 0.15) is 43.4 Å². The number of nitrogens with zero attached hydrogens (tertiary/aromatic N) is 2. The van der Waals surface area contributed by atoms with E-state index in [0.717, 1.165) is 37.1 Å². The van der Waals surface area contributed by atoms with Crippen molar-refractivity contribution in [2.45, 2.75) is 32.3 Å². The standard InChI is InChI=1S/C26H26Cl2F2N4O3/c1-13(20-21(27)18(29)10-19(30)22(20)28)37-24-23-16(11-33-25(24)31)17(12-36-23)14-4-8-34(9-5-14)26(35)15-2-6-32-7-3-15/h4,10-13,15,32H,2-3,5-9H2,1H3,(H2,31,33)/t13-/m1/s1. The number of nitrogens with two attached hydrogens (primary N) is 1. The second kappa shape index (κ2) is 10.5. The van der Waals surface area contributed by atoms with Crippen molar-refractivity contribution in [2.75, 3.05) is 31.9 Å². The fraction of sp³-hybridized carbons (Fsp3) is 0.385. The number of aromatic nitrogens is 1. The maximum absolute atomic E-state index is 14.1. The summed E-state index contributed by atoms with van der Waals surface area (Å²) in [6, 6.07) is 0.620. The second-order valence-corrected chi connectivity index (χ2v) is 10.1. The number of hydrogen-bond donors (Lipinski definition) is 2.